The Balaban J connectivity index is 2.87. The Labute approximate surface area is 111 Å². The van der Waals surface area contributed by atoms with E-state index in [9.17, 15) is 8.78 Å². The van der Waals surface area contributed by atoms with Crippen molar-refractivity contribution in [3.63, 3.8) is 0 Å². The SMILES string of the molecule is Cc1cc2nc(C(F)F)cc(Cl)c2c(C)c1Br. The van der Waals surface area contributed by atoms with Crippen molar-refractivity contribution in [1.82, 2.24) is 4.98 Å². The van der Waals surface area contributed by atoms with Crippen LogP contribution in [0.15, 0.2) is 16.6 Å². The molecule has 0 saturated heterocycles. The summed E-state index contributed by atoms with van der Waals surface area (Å²) >= 11 is 9.49. The molecular formula is C12H9BrClF2N. The maximum Gasteiger partial charge on any atom is 0.280 e. The maximum atomic E-state index is 12.6. The van der Waals surface area contributed by atoms with Crippen LogP contribution in [-0.4, -0.2) is 4.98 Å². The van der Waals surface area contributed by atoms with Crippen LogP contribution in [0.25, 0.3) is 10.9 Å². The van der Waals surface area contributed by atoms with E-state index in [0.29, 0.717) is 15.9 Å². The Kier molecular flexibility index (Phi) is 3.36. The number of aryl methyl sites for hydroxylation is 2. The lowest BCUT2D eigenvalue weighted by Gasteiger charge is -2.10. The summed E-state index contributed by atoms with van der Waals surface area (Å²) in [5.41, 5.74) is 2.08. The molecule has 0 spiro atoms. The number of fused-ring (bicyclic) bond motifs is 1. The zero-order valence-corrected chi connectivity index (χ0v) is 11.5. The minimum absolute atomic E-state index is 0.288. The highest BCUT2D eigenvalue weighted by atomic mass is 79.9. The quantitative estimate of drug-likeness (QED) is 0.703. The first-order chi connectivity index (χ1) is 7.91. The predicted molar refractivity (Wildman–Crippen MR) is 68.9 cm³/mol. The van der Waals surface area contributed by atoms with Gasteiger partial charge in [0.05, 0.1) is 10.5 Å². The molecule has 0 aliphatic rings. The van der Waals surface area contributed by atoms with Crippen molar-refractivity contribution in [2.24, 2.45) is 0 Å². The van der Waals surface area contributed by atoms with Crippen LogP contribution < -0.4 is 0 Å². The lowest BCUT2D eigenvalue weighted by atomic mass is 10.1. The van der Waals surface area contributed by atoms with Crippen molar-refractivity contribution < 1.29 is 8.78 Å². The van der Waals surface area contributed by atoms with Gasteiger partial charge < -0.3 is 0 Å². The van der Waals surface area contributed by atoms with Crippen molar-refractivity contribution in [3.05, 3.63) is 38.4 Å². The van der Waals surface area contributed by atoms with E-state index >= 15 is 0 Å². The molecule has 2 rings (SSSR count). The van der Waals surface area contributed by atoms with Crippen molar-refractivity contribution in [2.45, 2.75) is 20.3 Å². The summed E-state index contributed by atoms with van der Waals surface area (Å²) < 4.78 is 26.2. The van der Waals surface area contributed by atoms with E-state index in [1.165, 1.54) is 6.07 Å². The number of aromatic nitrogens is 1. The van der Waals surface area contributed by atoms with E-state index in [0.717, 1.165) is 15.6 Å². The fraction of sp³-hybridized carbons (Fsp3) is 0.250. The van der Waals surface area contributed by atoms with Crippen LogP contribution in [0, 0.1) is 13.8 Å². The highest BCUT2D eigenvalue weighted by Gasteiger charge is 2.15. The predicted octanol–water partition coefficient (Wildman–Crippen LogP) is 5.21. The van der Waals surface area contributed by atoms with Gasteiger partial charge in [0.15, 0.2) is 0 Å². The molecule has 17 heavy (non-hydrogen) atoms. The van der Waals surface area contributed by atoms with Gasteiger partial charge >= 0.3 is 0 Å². The summed E-state index contributed by atoms with van der Waals surface area (Å²) in [5.74, 6) is 0. The van der Waals surface area contributed by atoms with Gasteiger partial charge in [-0.25, -0.2) is 13.8 Å². The third kappa shape index (κ3) is 2.16. The first-order valence-corrected chi connectivity index (χ1v) is 6.13. The Morgan fingerprint density at radius 1 is 1.29 bits per heavy atom. The Morgan fingerprint density at radius 3 is 2.53 bits per heavy atom. The van der Waals surface area contributed by atoms with Crippen LogP contribution in [0.5, 0.6) is 0 Å². The molecule has 2 aromatic rings. The van der Waals surface area contributed by atoms with Crippen molar-refractivity contribution in [3.8, 4) is 0 Å². The van der Waals surface area contributed by atoms with E-state index in [-0.39, 0.29) is 5.69 Å². The van der Waals surface area contributed by atoms with Gasteiger partial charge in [-0.05, 0) is 37.1 Å². The molecule has 0 radical (unpaired) electrons. The topological polar surface area (TPSA) is 12.9 Å². The molecule has 0 aliphatic carbocycles. The summed E-state index contributed by atoms with van der Waals surface area (Å²) in [5, 5.41) is 1.03. The molecule has 90 valence electrons. The van der Waals surface area contributed by atoms with Gasteiger partial charge in [0.25, 0.3) is 6.43 Å². The van der Waals surface area contributed by atoms with Crippen LogP contribution in [0.3, 0.4) is 0 Å². The van der Waals surface area contributed by atoms with Crippen LogP contribution in [0.4, 0.5) is 8.78 Å². The van der Waals surface area contributed by atoms with Crippen LogP contribution in [0.1, 0.15) is 23.2 Å². The molecule has 0 fully saturated rings. The van der Waals surface area contributed by atoms with E-state index in [1.54, 1.807) is 6.07 Å². The van der Waals surface area contributed by atoms with Gasteiger partial charge in [0.1, 0.15) is 5.69 Å². The van der Waals surface area contributed by atoms with Crippen LogP contribution >= 0.6 is 27.5 Å². The Bertz CT molecular complexity index is 599. The molecule has 0 unspecified atom stereocenters. The molecule has 1 aromatic carbocycles. The minimum Gasteiger partial charge on any atom is -0.247 e. The average Bonchev–Trinajstić information content (AvgIpc) is 2.25. The van der Waals surface area contributed by atoms with Gasteiger partial charge in [0.2, 0.25) is 0 Å². The summed E-state index contributed by atoms with van der Waals surface area (Å²) in [6.07, 6.45) is -2.61. The first kappa shape index (κ1) is 12.7. The molecule has 5 heteroatoms. The largest absolute Gasteiger partial charge is 0.280 e. The van der Waals surface area contributed by atoms with Crippen molar-refractivity contribution in [1.29, 1.82) is 0 Å². The second kappa shape index (κ2) is 4.50. The summed E-state index contributed by atoms with van der Waals surface area (Å²) in [7, 11) is 0. The average molecular weight is 321 g/mol. The van der Waals surface area contributed by atoms with Crippen LogP contribution in [-0.2, 0) is 0 Å². The van der Waals surface area contributed by atoms with Crippen molar-refractivity contribution in [2.75, 3.05) is 0 Å². The molecule has 0 aliphatic heterocycles. The number of rotatable bonds is 1. The maximum absolute atomic E-state index is 12.6. The van der Waals surface area contributed by atoms with Gasteiger partial charge in [-0.1, -0.05) is 27.5 Å². The van der Waals surface area contributed by atoms with E-state index in [1.807, 2.05) is 13.8 Å². The Hall–Kier alpha value is -0.740. The zero-order valence-electron chi connectivity index (χ0n) is 9.19. The number of hydrogen-bond donors (Lipinski definition) is 0. The number of halogens is 4. The monoisotopic (exact) mass is 319 g/mol. The fourth-order valence-corrected chi connectivity index (χ4v) is 2.48. The van der Waals surface area contributed by atoms with Crippen LogP contribution in [0.2, 0.25) is 5.02 Å². The lowest BCUT2D eigenvalue weighted by Crippen LogP contribution is -1.95. The first-order valence-electron chi connectivity index (χ1n) is 4.95. The standard InChI is InChI=1S/C12H9BrClF2N/c1-5-3-8-10(6(2)11(5)13)7(14)4-9(17-8)12(15)16/h3-4,12H,1-2H3. The lowest BCUT2D eigenvalue weighted by molar-refractivity contribution is 0.146. The van der Waals surface area contributed by atoms with E-state index < -0.39 is 6.43 Å². The number of pyridine rings is 1. The molecule has 1 aromatic heterocycles. The smallest absolute Gasteiger partial charge is 0.247 e. The molecule has 0 N–H and O–H groups in total. The van der Waals surface area contributed by atoms with Gasteiger partial charge in [-0.2, -0.15) is 0 Å². The number of benzene rings is 1. The number of hydrogen-bond acceptors (Lipinski definition) is 1. The molecule has 0 saturated carbocycles. The highest BCUT2D eigenvalue weighted by molar-refractivity contribution is 9.10. The van der Waals surface area contributed by atoms with E-state index in [4.69, 9.17) is 11.6 Å². The summed E-state index contributed by atoms with van der Waals surface area (Å²) in [4.78, 5) is 3.94. The third-order valence-corrected chi connectivity index (χ3v) is 4.16. The summed E-state index contributed by atoms with van der Waals surface area (Å²) in [6.45, 7) is 3.77. The van der Waals surface area contributed by atoms with Crippen molar-refractivity contribution >= 4 is 38.4 Å². The molecule has 0 atom stereocenters. The molecule has 1 nitrogen and oxygen atoms in total. The Morgan fingerprint density at radius 2 is 1.94 bits per heavy atom. The second-order valence-electron chi connectivity index (χ2n) is 3.86. The van der Waals surface area contributed by atoms with Gasteiger partial charge in [0, 0.05) is 9.86 Å². The molecule has 0 amide bonds. The minimum atomic E-state index is -2.61. The molecule has 1 heterocycles. The second-order valence-corrected chi connectivity index (χ2v) is 5.06. The highest BCUT2D eigenvalue weighted by Crippen LogP contribution is 2.34. The van der Waals surface area contributed by atoms with E-state index in [2.05, 4.69) is 20.9 Å². The number of alkyl halides is 2. The molecular weight excluding hydrogens is 311 g/mol. The van der Waals surface area contributed by atoms with Gasteiger partial charge in [-0.3, -0.25) is 0 Å². The number of nitrogens with zero attached hydrogens (tertiary/aromatic N) is 1. The zero-order chi connectivity index (χ0) is 12.7. The fourth-order valence-electron chi connectivity index (χ4n) is 1.81. The molecule has 0 bridgehead atoms. The normalized spacial score (nSPS) is 11.5. The van der Waals surface area contributed by atoms with Gasteiger partial charge in [-0.15, -0.1) is 0 Å². The summed E-state index contributed by atoms with van der Waals surface area (Å²) in [6, 6.07) is 2.98. The third-order valence-electron chi connectivity index (χ3n) is 2.65.